The molecule has 1 saturated heterocycles. The van der Waals surface area contributed by atoms with Gasteiger partial charge in [0, 0.05) is 24.7 Å². The second-order valence-corrected chi connectivity index (χ2v) is 9.30. The molecule has 3 nitrogen and oxygen atoms in total. The fourth-order valence-electron chi connectivity index (χ4n) is 7.12. The minimum atomic E-state index is -0.294. The minimum absolute atomic E-state index is 0.0128. The van der Waals surface area contributed by atoms with Crippen LogP contribution < -0.4 is 0 Å². The zero-order chi connectivity index (χ0) is 16.5. The SMILES string of the molecule is C[C@@H]1CC2=C(CCC3(C2)OCCO3)C2CC[C@]3(C)C(=O)CC[C@H]3[C@@H]21. The van der Waals surface area contributed by atoms with Crippen LogP contribution >= 0.6 is 0 Å². The molecule has 2 saturated carbocycles. The fraction of sp³-hybridized carbons (Fsp3) is 0.857. The topological polar surface area (TPSA) is 35.5 Å². The molecule has 0 aromatic rings. The van der Waals surface area contributed by atoms with Gasteiger partial charge < -0.3 is 9.47 Å². The molecule has 24 heavy (non-hydrogen) atoms. The summed E-state index contributed by atoms with van der Waals surface area (Å²) in [6, 6.07) is 0. The smallest absolute Gasteiger partial charge is 0.172 e. The summed E-state index contributed by atoms with van der Waals surface area (Å²) in [4.78, 5) is 12.5. The van der Waals surface area contributed by atoms with Crippen molar-refractivity contribution < 1.29 is 14.3 Å². The standard InChI is InChI=1S/C21H30O3/c1-13-11-14-12-21(23-9-10-24-21)8-6-15(14)16-5-7-20(2)17(19(13)16)3-4-18(20)22/h13,16-17,19H,3-12H2,1-2H3/t13-,16?,17+,19-,20+/m1/s1. The highest BCUT2D eigenvalue weighted by Gasteiger charge is 2.57. The van der Waals surface area contributed by atoms with Crippen LogP contribution in [0.4, 0.5) is 0 Å². The Morgan fingerprint density at radius 1 is 1.08 bits per heavy atom. The van der Waals surface area contributed by atoms with Crippen molar-refractivity contribution in [2.75, 3.05) is 13.2 Å². The molecule has 5 atom stereocenters. The maximum absolute atomic E-state index is 12.5. The molecule has 4 aliphatic carbocycles. The molecule has 3 fully saturated rings. The average Bonchev–Trinajstić information content (AvgIpc) is 3.12. The molecule has 1 aliphatic heterocycles. The van der Waals surface area contributed by atoms with E-state index in [1.807, 2.05) is 0 Å². The number of fused-ring (bicyclic) bond motifs is 4. The van der Waals surface area contributed by atoms with Gasteiger partial charge in [-0.15, -0.1) is 0 Å². The third-order valence-electron chi connectivity index (χ3n) is 8.24. The highest BCUT2D eigenvalue weighted by atomic mass is 16.7. The second kappa shape index (κ2) is 5.17. The third-order valence-corrected chi connectivity index (χ3v) is 8.24. The number of Topliss-reactive ketones (excluding diaryl/α,β-unsaturated/α-hetero) is 1. The second-order valence-electron chi connectivity index (χ2n) is 9.30. The molecule has 0 aromatic heterocycles. The number of ether oxygens (including phenoxy) is 2. The highest BCUT2D eigenvalue weighted by Crippen LogP contribution is 2.62. The summed E-state index contributed by atoms with van der Waals surface area (Å²) in [5.41, 5.74) is 3.37. The van der Waals surface area contributed by atoms with E-state index < -0.39 is 0 Å². The maximum Gasteiger partial charge on any atom is 0.172 e. The molecule has 3 heteroatoms. The summed E-state index contributed by atoms with van der Waals surface area (Å²) >= 11 is 0. The van der Waals surface area contributed by atoms with E-state index in [2.05, 4.69) is 13.8 Å². The molecular weight excluding hydrogens is 300 g/mol. The van der Waals surface area contributed by atoms with Gasteiger partial charge in [0.15, 0.2) is 5.79 Å². The Morgan fingerprint density at radius 3 is 2.67 bits per heavy atom. The van der Waals surface area contributed by atoms with E-state index in [4.69, 9.17) is 9.47 Å². The van der Waals surface area contributed by atoms with E-state index in [-0.39, 0.29) is 11.2 Å². The third kappa shape index (κ3) is 2.00. The lowest BCUT2D eigenvalue weighted by molar-refractivity contribution is -0.166. The summed E-state index contributed by atoms with van der Waals surface area (Å²) in [6.07, 6.45) is 8.68. The van der Waals surface area contributed by atoms with Crippen molar-refractivity contribution in [1.29, 1.82) is 0 Å². The summed E-state index contributed by atoms with van der Waals surface area (Å²) in [5.74, 6) is 3.04. The normalized spacial score (nSPS) is 46.8. The first-order valence-electron chi connectivity index (χ1n) is 10.0. The van der Waals surface area contributed by atoms with E-state index in [0.717, 1.165) is 63.6 Å². The van der Waals surface area contributed by atoms with Crippen molar-refractivity contribution in [2.45, 2.75) is 71.0 Å². The maximum atomic E-state index is 12.5. The molecule has 5 aliphatic rings. The van der Waals surface area contributed by atoms with Crippen LogP contribution in [0.3, 0.4) is 0 Å². The van der Waals surface area contributed by atoms with Crippen LogP contribution in [-0.4, -0.2) is 24.8 Å². The molecule has 132 valence electrons. The Hall–Kier alpha value is -0.670. The van der Waals surface area contributed by atoms with Crippen molar-refractivity contribution in [2.24, 2.45) is 29.1 Å². The van der Waals surface area contributed by atoms with Crippen LogP contribution in [0.1, 0.15) is 65.2 Å². The predicted octanol–water partition coefficient (Wildman–Crippen LogP) is 4.26. The lowest BCUT2D eigenvalue weighted by Gasteiger charge is -2.53. The molecule has 1 unspecified atom stereocenters. The monoisotopic (exact) mass is 330 g/mol. The Morgan fingerprint density at radius 2 is 1.88 bits per heavy atom. The van der Waals surface area contributed by atoms with Gasteiger partial charge in [-0.05, 0) is 55.8 Å². The number of hydrogen-bond acceptors (Lipinski definition) is 3. The molecule has 0 radical (unpaired) electrons. The molecular formula is C21H30O3. The van der Waals surface area contributed by atoms with E-state index in [0.29, 0.717) is 17.6 Å². The Kier molecular flexibility index (Phi) is 3.35. The average molecular weight is 330 g/mol. The van der Waals surface area contributed by atoms with Gasteiger partial charge in [-0.1, -0.05) is 25.0 Å². The van der Waals surface area contributed by atoms with Gasteiger partial charge in [-0.3, -0.25) is 4.79 Å². The zero-order valence-electron chi connectivity index (χ0n) is 15.1. The van der Waals surface area contributed by atoms with E-state index in [1.165, 1.54) is 12.8 Å². The molecule has 5 rings (SSSR count). The number of carbonyl (C=O) groups is 1. The Balaban J connectivity index is 1.47. The quantitative estimate of drug-likeness (QED) is 0.623. The highest BCUT2D eigenvalue weighted by molar-refractivity contribution is 5.87. The minimum Gasteiger partial charge on any atom is -0.347 e. The summed E-state index contributed by atoms with van der Waals surface area (Å²) < 4.78 is 12.0. The lowest BCUT2D eigenvalue weighted by Crippen LogP contribution is -2.48. The van der Waals surface area contributed by atoms with Crippen molar-refractivity contribution >= 4 is 5.78 Å². The molecule has 0 aromatic carbocycles. The van der Waals surface area contributed by atoms with Gasteiger partial charge in [-0.25, -0.2) is 0 Å². The number of hydrogen-bond donors (Lipinski definition) is 0. The van der Waals surface area contributed by atoms with Crippen LogP contribution in [0.2, 0.25) is 0 Å². The van der Waals surface area contributed by atoms with Crippen molar-refractivity contribution in [3.05, 3.63) is 11.1 Å². The zero-order valence-corrected chi connectivity index (χ0v) is 15.1. The first-order chi connectivity index (χ1) is 11.5. The van der Waals surface area contributed by atoms with Crippen LogP contribution in [0, 0.1) is 29.1 Å². The van der Waals surface area contributed by atoms with Crippen molar-refractivity contribution in [3.63, 3.8) is 0 Å². The first-order valence-corrected chi connectivity index (χ1v) is 10.0. The molecule has 0 bridgehead atoms. The molecule has 1 heterocycles. The number of carbonyl (C=O) groups excluding carboxylic acids is 1. The van der Waals surface area contributed by atoms with Gasteiger partial charge in [0.25, 0.3) is 0 Å². The molecule has 1 spiro atoms. The van der Waals surface area contributed by atoms with Crippen molar-refractivity contribution in [3.8, 4) is 0 Å². The Labute approximate surface area is 145 Å². The van der Waals surface area contributed by atoms with Gasteiger partial charge >= 0.3 is 0 Å². The summed E-state index contributed by atoms with van der Waals surface area (Å²) in [5, 5.41) is 0. The predicted molar refractivity (Wildman–Crippen MR) is 91.3 cm³/mol. The van der Waals surface area contributed by atoms with E-state index in [9.17, 15) is 4.79 Å². The number of ketones is 1. The fourth-order valence-corrected chi connectivity index (χ4v) is 7.12. The van der Waals surface area contributed by atoms with Crippen LogP contribution in [-0.2, 0) is 14.3 Å². The lowest BCUT2D eigenvalue weighted by atomic mass is 9.51. The Bertz CT molecular complexity index is 600. The summed E-state index contributed by atoms with van der Waals surface area (Å²) in [6.45, 7) is 6.23. The number of rotatable bonds is 0. The molecule has 0 amide bonds. The molecule has 0 N–H and O–H groups in total. The first kappa shape index (κ1) is 15.6. The van der Waals surface area contributed by atoms with Gasteiger partial charge in [0.05, 0.1) is 13.2 Å². The van der Waals surface area contributed by atoms with Gasteiger partial charge in [-0.2, -0.15) is 0 Å². The van der Waals surface area contributed by atoms with Crippen LogP contribution in [0.5, 0.6) is 0 Å². The largest absolute Gasteiger partial charge is 0.347 e. The van der Waals surface area contributed by atoms with Gasteiger partial charge in [0.2, 0.25) is 0 Å². The number of allylic oxidation sites excluding steroid dienone is 1. The van der Waals surface area contributed by atoms with E-state index in [1.54, 1.807) is 11.1 Å². The van der Waals surface area contributed by atoms with Crippen LogP contribution in [0.25, 0.3) is 0 Å². The summed E-state index contributed by atoms with van der Waals surface area (Å²) in [7, 11) is 0. The van der Waals surface area contributed by atoms with Gasteiger partial charge in [0.1, 0.15) is 5.78 Å². The van der Waals surface area contributed by atoms with Crippen LogP contribution in [0.15, 0.2) is 11.1 Å². The van der Waals surface area contributed by atoms with E-state index >= 15 is 0 Å². The van der Waals surface area contributed by atoms with Crippen molar-refractivity contribution in [1.82, 2.24) is 0 Å².